The highest BCUT2D eigenvalue weighted by molar-refractivity contribution is 6.06. The third-order valence-electron chi connectivity index (χ3n) is 2.47. The zero-order valence-corrected chi connectivity index (χ0v) is 11.8. The molecule has 0 unspecified atom stereocenters. The number of carbonyl (C=O) groups is 1. The van der Waals surface area contributed by atoms with Gasteiger partial charge < -0.3 is 4.74 Å². The summed E-state index contributed by atoms with van der Waals surface area (Å²) < 4.78 is 39.8. The lowest BCUT2D eigenvalue weighted by atomic mass is 9.86. The minimum Gasteiger partial charge on any atom is -0.406 e. The molecule has 0 aliphatic heterocycles. The number of Topliss-reactive ketones (excluding diaryl/α,β-unsaturated/α-hetero) is 1. The first kappa shape index (κ1) is 16.8. The van der Waals surface area contributed by atoms with Gasteiger partial charge in [-0.2, -0.15) is 5.26 Å². The molecule has 0 aliphatic carbocycles. The Kier molecular flexibility index (Phi) is 4.79. The molecule has 0 amide bonds. The molecule has 0 saturated heterocycles. The van der Waals surface area contributed by atoms with E-state index in [1.165, 1.54) is 18.2 Å². The number of ether oxygens (including phenoxy) is 1. The molecular weight excluding hydrogens is 283 g/mol. The average molecular weight is 297 g/mol. The van der Waals surface area contributed by atoms with Crippen molar-refractivity contribution in [3.8, 4) is 11.8 Å². The molecule has 1 rings (SSSR count). The smallest absolute Gasteiger partial charge is 0.406 e. The normalized spacial score (nSPS) is 12.7. The number of halogens is 3. The quantitative estimate of drug-likeness (QED) is 0.623. The molecule has 0 bridgehead atoms. The molecule has 0 N–H and O–H groups in total. The maximum Gasteiger partial charge on any atom is 0.573 e. The van der Waals surface area contributed by atoms with Gasteiger partial charge in [0, 0.05) is 5.41 Å². The minimum atomic E-state index is -4.75. The lowest BCUT2D eigenvalue weighted by Crippen LogP contribution is -2.21. The van der Waals surface area contributed by atoms with Gasteiger partial charge in [-0.3, -0.25) is 4.79 Å². The van der Waals surface area contributed by atoms with Crippen molar-refractivity contribution in [2.75, 3.05) is 0 Å². The Hall–Kier alpha value is -2.29. The van der Waals surface area contributed by atoms with Crippen LogP contribution in [0.1, 0.15) is 26.3 Å². The lowest BCUT2D eigenvalue weighted by Gasteiger charge is -2.15. The highest BCUT2D eigenvalue weighted by Crippen LogP contribution is 2.24. The van der Waals surface area contributed by atoms with E-state index >= 15 is 0 Å². The largest absolute Gasteiger partial charge is 0.573 e. The van der Waals surface area contributed by atoms with E-state index in [-0.39, 0.29) is 17.1 Å². The standard InChI is InChI=1S/C15H14F3NO2/c1-14(2,3)13(20)11(9-19)8-10-4-6-12(7-5-10)21-15(16,17)18/h4-8H,1-3H3. The van der Waals surface area contributed by atoms with Gasteiger partial charge in [0.25, 0.3) is 0 Å². The van der Waals surface area contributed by atoms with Gasteiger partial charge in [0.1, 0.15) is 11.8 Å². The third-order valence-corrected chi connectivity index (χ3v) is 2.47. The molecule has 0 aromatic heterocycles. The Labute approximate surface area is 120 Å². The first-order chi connectivity index (χ1) is 9.53. The van der Waals surface area contributed by atoms with E-state index in [0.29, 0.717) is 5.56 Å². The summed E-state index contributed by atoms with van der Waals surface area (Å²) in [5, 5.41) is 9.02. The second-order valence-electron chi connectivity index (χ2n) is 5.37. The fraction of sp³-hybridized carbons (Fsp3) is 0.333. The Bertz CT molecular complexity index is 587. The van der Waals surface area contributed by atoms with Crippen LogP contribution in [0.5, 0.6) is 5.75 Å². The van der Waals surface area contributed by atoms with Crippen molar-refractivity contribution < 1.29 is 22.7 Å². The number of hydrogen-bond acceptors (Lipinski definition) is 3. The SMILES string of the molecule is CC(C)(C)C(=O)C(C#N)=Cc1ccc(OC(F)(F)F)cc1. The van der Waals surface area contributed by atoms with Crippen LogP contribution in [0.3, 0.4) is 0 Å². The van der Waals surface area contributed by atoms with Gasteiger partial charge in [0.15, 0.2) is 5.78 Å². The third kappa shape index (κ3) is 5.30. The second-order valence-corrected chi connectivity index (χ2v) is 5.37. The van der Waals surface area contributed by atoms with Crippen molar-refractivity contribution in [2.24, 2.45) is 5.41 Å². The molecule has 0 heterocycles. The summed E-state index contributed by atoms with van der Waals surface area (Å²) in [5.41, 5.74) is -0.313. The monoisotopic (exact) mass is 297 g/mol. The van der Waals surface area contributed by atoms with Crippen LogP contribution in [-0.2, 0) is 4.79 Å². The van der Waals surface area contributed by atoms with Crippen molar-refractivity contribution in [2.45, 2.75) is 27.1 Å². The van der Waals surface area contributed by atoms with E-state index in [1.54, 1.807) is 20.8 Å². The van der Waals surface area contributed by atoms with E-state index in [1.807, 2.05) is 6.07 Å². The number of allylic oxidation sites excluding steroid dienone is 1. The predicted octanol–water partition coefficient (Wildman–Crippen LogP) is 4.11. The van der Waals surface area contributed by atoms with Crippen LogP contribution in [0.25, 0.3) is 6.08 Å². The van der Waals surface area contributed by atoms with Crippen LogP contribution >= 0.6 is 0 Å². The van der Waals surface area contributed by atoms with Gasteiger partial charge in [-0.1, -0.05) is 32.9 Å². The van der Waals surface area contributed by atoms with Gasteiger partial charge in [-0.15, -0.1) is 13.2 Å². The Balaban J connectivity index is 2.99. The van der Waals surface area contributed by atoms with Crippen molar-refractivity contribution in [3.05, 3.63) is 35.4 Å². The summed E-state index contributed by atoms with van der Waals surface area (Å²) in [7, 11) is 0. The number of ketones is 1. The summed E-state index contributed by atoms with van der Waals surface area (Å²) in [4.78, 5) is 12.0. The van der Waals surface area contributed by atoms with Gasteiger partial charge in [0.05, 0.1) is 5.57 Å². The maximum atomic E-state index is 12.0. The molecule has 0 atom stereocenters. The lowest BCUT2D eigenvalue weighted by molar-refractivity contribution is -0.274. The number of carbonyl (C=O) groups excluding carboxylic acids is 1. The fourth-order valence-electron chi connectivity index (χ4n) is 1.48. The molecular formula is C15H14F3NO2. The van der Waals surface area contributed by atoms with Crippen LogP contribution in [0.15, 0.2) is 29.8 Å². The number of rotatable bonds is 3. The molecule has 3 nitrogen and oxygen atoms in total. The molecule has 21 heavy (non-hydrogen) atoms. The van der Waals surface area contributed by atoms with E-state index < -0.39 is 11.8 Å². The maximum absolute atomic E-state index is 12.0. The molecule has 0 aliphatic rings. The Morgan fingerprint density at radius 3 is 2.10 bits per heavy atom. The molecule has 1 aromatic carbocycles. The zero-order valence-electron chi connectivity index (χ0n) is 11.8. The summed E-state index contributed by atoms with van der Waals surface area (Å²) in [6.45, 7) is 5.04. The first-order valence-corrected chi connectivity index (χ1v) is 6.05. The van der Waals surface area contributed by atoms with Crippen molar-refractivity contribution in [1.82, 2.24) is 0 Å². The van der Waals surface area contributed by atoms with Crippen LogP contribution < -0.4 is 4.74 Å². The van der Waals surface area contributed by atoms with Crippen LogP contribution in [0.4, 0.5) is 13.2 Å². The number of nitrogens with zero attached hydrogens (tertiary/aromatic N) is 1. The van der Waals surface area contributed by atoms with E-state index in [0.717, 1.165) is 12.1 Å². The molecule has 0 fully saturated rings. The first-order valence-electron chi connectivity index (χ1n) is 6.05. The van der Waals surface area contributed by atoms with Crippen molar-refractivity contribution >= 4 is 11.9 Å². The van der Waals surface area contributed by atoms with Crippen molar-refractivity contribution in [3.63, 3.8) is 0 Å². The number of hydrogen-bond donors (Lipinski definition) is 0. The van der Waals surface area contributed by atoms with E-state index in [4.69, 9.17) is 5.26 Å². The zero-order chi connectivity index (χ0) is 16.3. The second kappa shape index (κ2) is 6.00. The number of nitriles is 1. The van der Waals surface area contributed by atoms with Crippen LogP contribution in [-0.4, -0.2) is 12.1 Å². The molecule has 1 aromatic rings. The molecule has 0 saturated carbocycles. The summed E-state index contributed by atoms with van der Waals surface area (Å²) >= 11 is 0. The van der Waals surface area contributed by atoms with Gasteiger partial charge in [-0.25, -0.2) is 0 Å². The number of benzene rings is 1. The molecule has 6 heteroatoms. The Morgan fingerprint density at radius 1 is 1.19 bits per heavy atom. The molecule has 112 valence electrons. The predicted molar refractivity (Wildman–Crippen MR) is 71.2 cm³/mol. The molecule has 0 radical (unpaired) electrons. The summed E-state index contributed by atoms with van der Waals surface area (Å²) in [5.74, 6) is -0.694. The van der Waals surface area contributed by atoms with E-state index in [9.17, 15) is 18.0 Å². The Morgan fingerprint density at radius 2 is 1.71 bits per heavy atom. The fourth-order valence-corrected chi connectivity index (χ4v) is 1.48. The number of alkyl halides is 3. The van der Waals surface area contributed by atoms with Gasteiger partial charge >= 0.3 is 6.36 Å². The van der Waals surface area contributed by atoms with E-state index in [2.05, 4.69) is 4.74 Å². The molecule has 0 spiro atoms. The van der Waals surface area contributed by atoms with Gasteiger partial charge in [0.2, 0.25) is 0 Å². The highest BCUT2D eigenvalue weighted by Gasteiger charge is 2.31. The minimum absolute atomic E-state index is 0.0491. The van der Waals surface area contributed by atoms with Crippen molar-refractivity contribution in [1.29, 1.82) is 5.26 Å². The highest BCUT2D eigenvalue weighted by atomic mass is 19.4. The van der Waals surface area contributed by atoms with Crippen LogP contribution in [0.2, 0.25) is 0 Å². The average Bonchev–Trinajstić information content (AvgIpc) is 2.34. The van der Waals surface area contributed by atoms with Gasteiger partial charge in [-0.05, 0) is 23.8 Å². The topological polar surface area (TPSA) is 50.1 Å². The summed E-state index contributed by atoms with van der Waals surface area (Å²) in [6, 6.07) is 6.74. The summed E-state index contributed by atoms with van der Waals surface area (Å²) in [6.07, 6.45) is -3.41. The van der Waals surface area contributed by atoms with Crippen LogP contribution in [0, 0.1) is 16.7 Å².